The van der Waals surface area contributed by atoms with Gasteiger partial charge in [0, 0.05) is 13.1 Å². The Morgan fingerprint density at radius 1 is 1.35 bits per heavy atom. The second-order valence-electron chi connectivity index (χ2n) is 6.19. The van der Waals surface area contributed by atoms with Gasteiger partial charge in [-0.15, -0.1) is 0 Å². The zero-order valence-corrected chi connectivity index (χ0v) is 12.2. The van der Waals surface area contributed by atoms with Gasteiger partial charge in [-0.05, 0) is 49.9 Å². The van der Waals surface area contributed by atoms with E-state index < -0.39 is 0 Å². The predicted molar refractivity (Wildman–Crippen MR) is 79.9 cm³/mol. The van der Waals surface area contributed by atoms with E-state index in [9.17, 15) is 5.26 Å². The molecule has 0 saturated heterocycles. The number of hydrogen-bond donors (Lipinski definition) is 1. The van der Waals surface area contributed by atoms with E-state index in [2.05, 4.69) is 40.6 Å². The molecule has 3 rings (SSSR count). The third-order valence-corrected chi connectivity index (χ3v) is 5.17. The van der Waals surface area contributed by atoms with Crippen LogP contribution in [0.2, 0.25) is 0 Å². The summed E-state index contributed by atoms with van der Waals surface area (Å²) in [6, 6.07) is 11.3. The lowest BCUT2D eigenvalue weighted by Gasteiger charge is -2.29. The van der Waals surface area contributed by atoms with Gasteiger partial charge in [0.2, 0.25) is 0 Å². The van der Waals surface area contributed by atoms with Crippen molar-refractivity contribution in [2.75, 3.05) is 13.6 Å². The molecule has 1 fully saturated rings. The molecule has 3 heteroatoms. The molecule has 20 heavy (non-hydrogen) atoms. The highest BCUT2D eigenvalue weighted by Crippen LogP contribution is 2.37. The van der Waals surface area contributed by atoms with Gasteiger partial charge in [0.25, 0.3) is 0 Å². The van der Waals surface area contributed by atoms with Crippen LogP contribution in [-0.4, -0.2) is 24.0 Å². The number of benzene rings is 1. The highest BCUT2D eigenvalue weighted by molar-refractivity contribution is 5.30. The molecule has 0 amide bonds. The van der Waals surface area contributed by atoms with E-state index in [-0.39, 0.29) is 5.54 Å². The summed E-state index contributed by atoms with van der Waals surface area (Å²) in [5.41, 5.74) is 2.67. The van der Waals surface area contributed by atoms with Gasteiger partial charge >= 0.3 is 0 Å². The van der Waals surface area contributed by atoms with Crippen LogP contribution in [0.25, 0.3) is 0 Å². The monoisotopic (exact) mass is 269 g/mol. The highest BCUT2D eigenvalue weighted by Gasteiger charge is 2.41. The van der Waals surface area contributed by atoms with Crippen LogP contribution in [0.4, 0.5) is 0 Å². The first-order valence-corrected chi connectivity index (χ1v) is 7.67. The van der Waals surface area contributed by atoms with Crippen molar-refractivity contribution in [3.05, 3.63) is 35.4 Å². The summed E-state index contributed by atoms with van der Waals surface area (Å²) in [7, 11) is 1.94. The fourth-order valence-electron chi connectivity index (χ4n) is 3.90. The van der Waals surface area contributed by atoms with E-state index in [0.29, 0.717) is 5.92 Å². The molecule has 0 aromatic heterocycles. The Hall–Kier alpha value is -1.37. The smallest absolute Gasteiger partial charge is 0.109 e. The summed E-state index contributed by atoms with van der Waals surface area (Å²) in [6.07, 6.45) is 4.50. The topological polar surface area (TPSA) is 39.1 Å². The van der Waals surface area contributed by atoms with E-state index in [1.54, 1.807) is 0 Å². The van der Waals surface area contributed by atoms with Crippen molar-refractivity contribution < 1.29 is 0 Å². The molecule has 1 aromatic carbocycles. The van der Waals surface area contributed by atoms with Gasteiger partial charge in [-0.2, -0.15) is 5.26 Å². The van der Waals surface area contributed by atoms with Crippen molar-refractivity contribution in [2.24, 2.45) is 5.92 Å². The molecule has 1 N–H and O–H groups in total. The van der Waals surface area contributed by atoms with E-state index in [1.807, 2.05) is 7.05 Å². The van der Waals surface area contributed by atoms with Crippen molar-refractivity contribution in [2.45, 2.75) is 44.3 Å². The molecule has 106 valence electrons. The molecular weight excluding hydrogens is 246 g/mol. The Kier molecular flexibility index (Phi) is 3.78. The number of nitrogens with zero attached hydrogens (tertiary/aromatic N) is 2. The quantitative estimate of drug-likeness (QED) is 0.913. The zero-order valence-electron chi connectivity index (χ0n) is 12.2. The Labute approximate surface area is 121 Å². The maximum atomic E-state index is 9.49. The molecule has 0 bridgehead atoms. The van der Waals surface area contributed by atoms with Gasteiger partial charge in [-0.3, -0.25) is 4.90 Å². The number of rotatable bonds is 4. The van der Waals surface area contributed by atoms with Gasteiger partial charge in [0.15, 0.2) is 0 Å². The fourth-order valence-corrected chi connectivity index (χ4v) is 3.90. The normalized spacial score (nSPS) is 29.3. The van der Waals surface area contributed by atoms with Crippen molar-refractivity contribution >= 4 is 0 Å². The third-order valence-electron chi connectivity index (χ3n) is 5.17. The van der Waals surface area contributed by atoms with Gasteiger partial charge in [0.05, 0.1) is 6.07 Å². The Morgan fingerprint density at radius 3 is 2.65 bits per heavy atom. The number of nitrogens with one attached hydrogen (secondary N) is 1. The minimum atomic E-state index is -0.271. The maximum Gasteiger partial charge on any atom is 0.109 e. The summed E-state index contributed by atoms with van der Waals surface area (Å²) in [5.74, 6) is 0.501. The summed E-state index contributed by atoms with van der Waals surface area (Å²) in [6.45, 7) is 3.24. The van der Waals surface area contributed by atoms with E-state index in [4.69, 9.17) is 0 Å². The van der Waals surface area contributed by atoms with E-state index in [1.165, 1.54) is 24.0 Å². The molecule has 1 heterocycles. The van der Waals surface area contributed by atoms with E-state index >= 15 is 0 Å². The largest absolute Gasteiger partial charge is 0.302 e. The molecular formula is C17H23N3. The first-order chi connectivity index (χ1) is 9.77. The molecule has 0 radical (unpaired) electrons. The second-order valence-corrected chi connectivity index (χ2v) is 6.19. The van der Waals surface area contributed by atoms with Crippen LogP contribution in [0.15, 0.2) is 24.3 Å². The van der Waals surface area contributed by atoms with Crippen molar-refractivity contribution in [3.63, 3.8) is 0 Å². The molecule has 1 aromatic rings. The van der Waals surface area contributed by atoms with Crippen molar-refractivity contribution in [1.82, 2.24) is 10.2 Å². The number of nitriles is 1. The first kappa shape index (κ1) is 13.6. The minimum Gasteiger partial charge on any atom is -0.302 e. The maximum absolute atomic E-state index is 9.49. The van der Waals surface area contributed by atoms with Crippen LogP contribution in [0.1, 0.15) is 36.8 Å². The molecule has 1 aliphatic carbocycles. The number of hydrogen-bond acceptors (Lipinski definition) is 3. The van der Waals surface area contributed by atoms with Crippen LogP contribution in [0.3, 0.4) is 0 Å². The first-order valence-electron chi connectivity index (χ1n) is 7.67. The summed E-state index contributed by atoms with van der Waals surface area (Å²) in [5, 5.41) is 12.8. The Balaban J connectivity index is 1.58. The average Bonchev–Trinajstić information content (AvgIpc) is 3.08. The average molecular weight is 269 g/mol. The molecule has 3 nitrogen and oxygen atoms in total. The van der Waals surface area contributed by atoms with Crippen molar-refractivity contribution in [1.29, 1.82) is 5.26 Å². The molecule has 2 aliphatic rings. The SMILES string of the molecule is CNC1(C#N)CCCC1CCN1Cc2ccccc2C1. The molecule has 0 spiro atoms. The Morgan fingerprint density at radius 2 is 2.05 bits per heavy atom. The molecule has 1 saturated carbocycles. The lowest BCUT2D eigenvalue weighted by atomic mass is 9.86. The lowest BCUT2D eigenvalue weighted by Crippen LogP contribution is -2.45. The molecule has 1 aliphatic heterocycles. The Bertz CT molecular complexity index is 494. The predicted octanol–water partition coefficient (Wildman–Crippen LogP) is 2.67. The van der Waals surface area contributed by atoms with Crippen LogP contribution in [0.5, 0.6) is 0 Å². The van der Waals surface area contributed by atoms with Gasteiger partial charge < -0.3 is 5.32 Å². The number of fused-ring (bicyclic) bond motifs is 1. The van der Waals surface area contributed by atoms with Crippen LogP contribution >= 0.6 is 0 Å². The summed E-state index contributed by atoms with van der Waals surface area (Å²) in [4.78, 5) is 2.51. The lowest BCUT2D eigenvalue weighted by molar-refractivity contribution is 0.230. The minimum absolute atomic E-state index is 0.271. The molecule has 2 atom stereocenters. The summed E-state index contributed by atoms with van der Waals surface area (Å²) < 4.78 is 0. The van der Waals surface area contributed by atoms with Crippen LogP contribution in [0, 0.1) is 17.2 Å². The van der Waals surface area contributed by atoms with Crippen LogP contribution in [-0.2, 0) is 13.1 Å². The van der Waals surface area contributed by atoms with Gasteiger partial charge in [-0.1, -0.05) is 30.7 Å². The van der Waals surface area contributed by atoms with Gasteiger partial charge in [0.1, 0.15) is 5.54 Å². The molecule has 2 unspecified atom stereocenters. The summed E-state index contributed by atoms with van der Waals surface area (Å²) >= 11 is 0. The second kappa shape index (κ2) is 5.55. The highest BCUT2D eigenvalue weighted by atomic mass is 15.1. The van der Waals surface area contributed by atoms with Crippen molar-refractivity contribution in [3.8, 4) is 6.07 Å². The van der Waals surface area contributed by atoms with Gasteiger partial charge in [-0.25, -0.2) is 0 Å². The fraction of sp³-hybridized carbons (Fsp3) is 0.588. The van der Waals surface area contributed by atoms with E-state index in [0.717, 1.165) is 32.5 Å². The third kappa shape index (κ3) is 2.34. The van der Waals surface area contributed by atoms with Crippen LogP contribution < -0.4 is 5.32 Å². The zero-order chi connectivity index (χ0) is 14.0. The standard InChI is InChI=1S/C17H23N3/c1-19-17(13-18)9-4-7-16(17)8-10-20-11-14-5-2-3-6-15(14)12-20/h2-3,5-6,16,19H,4,7-12H2,1H3.